The van der Waals surface area contributed by atoms with Crippen LogP contribution in [0.1, 0.15) is 24.1 Å². The summed E-state index contributed by atoms with van der Waals surface area (Å²) in [6, 6.07) is 18.3. The van der Waals surface area contributed by atoms with Gasteiger partial charge in [0, 0.05) is 24.1 Å². The van der Waals surface area contributed by atoms with Crippen molar-refractivity contribution in [1.82, 2.24) is 34.5 Å². The molecule has 1 fully saturated rings. The van der Waals surface area contributed by atoms with E-state index in [9.17, 15) is 0 Å². The van der Waals surface area contributed by atoms with E-state index < -0.39 is 0 Å². The van der Waals surface area contributed by atoms with Crippen molar-refractivity contribution >= 4 is 38.9 Å². The number of nitrogens with one attached hydrogen (secondary N) is 1. The lowest BCUT2D eigenvalue weighted by atomic mass is 10.2. The second-order valence-corrected chi connectivity index (χ2v) is 9.50. The lowest BCUT2D eigenvalue weighted by molar-refractivity contribution is 0.764. The van der Waals surface area contributed by atoms with Gasteiger partial charge in [0.2, 0.25) is 5.95 Å². The second kappa shape index (κ2) is 9.46. The molecule has 9 nitrogen and oxygen atoms in total. The molecule has 0 atom stereocenters. The maximum atomic E-state index is 4.92. The molecule has 3 aromatic heterocycles. The van der Waals surface area contributed by atoms with Crippen LogP contribution < -0.4 is 10.2 Å². The van der Waals surface area contributed by atoms with Crippen LogP contribution in [-0.2, 0) is 13.1 Å². The number of hydrogen-bond donors (Lipinski definition) is 1. The number of anilines is 2. The lowest BCUT2D eigenvalue weighted by Gasteiger charge is -2.17. The average Bonchev–Trinajstić information content (AvgIpc) is 3.66. The van der Waals surface area contributed by atoms with Crippen molar-refractivity contribution in [1.29, 1.82) is 0 Å². The summed E-state index contributed by atoms with van der Waals surface area (Å²) in [7, 11) is 0. The summed E-state index contributed by atoms with van der Waals surface area (Å²) in [5, 5.41) is 12.2. The largest absolute Gasteiger partial charge is 0.364 e. The number of imidazole rings is 1. The Kier molecular flexibility index (Phi) is 5.87. The number of hydrogen-bond acceptors (Lipinski definition) is 7. The Morgan fingerprint density at radius 1 is 0.943 bits per heavy atom. The number of halogens is 1. The van der Waals surface area contributed by atoms with Gasteiger partial charge in [0.05, 0.1) is 24.8 Å². The highest BCUT2D eigenvalue weighted by Crippen LogP contribution is 2.25. The summed E-state index contributed by atoms with van der Waals surface area (Å²) < 4.78 is 4.81. The molecule has 0 radical (unpaired) electrons. The van der Waals surface area contributed by atoms with Crippen molar-refractivity contribution in [2.75, 3.05) is 23.3 Å². The average molecular weight is 530 g/mol. The SMILES string of the molecule is Brc1ccc(-n2cc(Cn3cnc4c(NCc5ccccc5)nc(N5CCCC5)nc43)nn2)cc1. The van der Waals surface area contributed by atoms with Gasteiger partial charge in [-0.15, -0.1) is 5.10 Å². The molecule has 0 bridgehead atoms. The Bertz CT molecular complexity index is 1440. The third-order valence-electron chi connectivity index (χ3n) is 6.11. The van der Waals surface area contributed by atoms with Gasteiger partial charge in [0.15, 0.2) is 17.0 Å². The van der Waals surface area contributed by atoms with Crippen LogP contribution in [0.15, 0.2) is 71.6 Å². The molecule has 4 heterocycles. The summed E-state index contributed by atoms with van der Waals surface area (Å²) in [6.45, 7) is 3.13. The fourth-order valence-electron chi connectivity index (χ4n) is 4.28. The number of benzene rings is 2. The van der Waals surface area contributed by atoms with Crippen LogP contribution in [0.25, 0.3) is 16.9 Å². The monoisotopic (exact) mass is 529 g/mol. The molecule has 176 valence electrons. The Morgan fingerprint density at radius 3 is 2.54 bits per heavy atom. The number of nitrogens with zero attached hydrogens (tertiary/aromatic N) is 8. The maximum absolute atomic E-state index is 4.92. The van der Waals surface area contributed by atoms with E-state index in [4.69, 9.17) is 9.97 Å². The third-order valence-corrected chi connectivity index (χ3v) is 6.64. The van der Waals surface area contributed by atoms with Crippen LogP contribution in [0.2, 0.25) is 0 Å². The molecule has 1 aliphatic rings. The van der Waals surface area contributed by atoms with Gasteiger partial charge in [-0.2, -0.15) is 9.97 Å². The zero-order valence-electron chi connectivity index (χ0n) is 19.0. The summed E-state index contributed by atoms with van der Waals surface area (Å²) in [4.78, 5) is 16.7. The van der Waals surface area contributed by atoms with Crippen molar-refractivity contribution in [2.24, 2.45) is 0 Å². The third kappa shape index (κ3) is 4.61. The summed E-state index contributed by atoms with van der Waals surface area (Å²) >= 11 is 3.47. The molecule has 35 heavy (non-hydrogen) atoms. The van der Waals surface area contributed by atoms with Gasteiger partial charge in [-0.25, -0.2) is 9.67 Å². The van der Waals surface area contributed by atoms with Crippen LogP contribution in [0.3, 0.4) is 0 Å². The van der Waals surface area contributed by atoms with Crippen molar-refractivity contribution in [3.63, 3.8) is 0 Å². The van der Waals surface area contributed by atoms with E-state index in [0.717, 1.165) is 64.7 Å². The van der Waals surface area contributed by atoms with Gasteiger partial charge in [0.25, 0.3) is 0 Å². The van der Waals surface area contributed by atoms with Gasteiger partial charge >= 0.3 is 0 Å². The van der Waals surface area contributed by atoms with Crippen molar-refractivity contribution in [3.8, 4) is 5.69 Å². The Hall–Kier alpha value is -3.79. The van der Waals surface area contributed by atoms with E-state index >= 15 is 0 Å². The predicted molar refractivity (Wildman–Crippen MR) is 139 cm³/mol. The summed E-state index contributed by atoms with van der Waals surface area (Å²) in [6.07, 6.45) is 6.06. The van der Waals surface area contributed by atoms with E-state index in [-0.39, 0.29) is 0 Å². The first-order chi connectivity index (χ1) is 17.2. The minimum Gasteiger partial charge on any atom is -0.364 e. The quantitative estimate of drug-likeness (QED) is 0.333. The van der Waals surface area contributed by atoms with Gasteiger partial charge in [-0.05, 0) is 42.7 Å². The zero-order valence-corrected chi connectivity index (χ0v) is 20.6. The molecule has 1 saturated heterocycles. The molecular weight excluding hydrogens is 506 g/mol. The summed E-state index contributed by atoms with van der Waals surface area (Å²) in [5.74, 6) is 1.49. The zero-order chi connectivity index (χ0) is 23.6. The molecule has 1 N–H and O–H groups in total. The van der Waals surface area contributed by atoms with Gasteiger partial charge < -0.3 is 14.8 Å². The van der Waals surface area contributed by atoms with E-state index in [1.54, 1.807) is 11.0 Å². The van der Waals surface area contributed by atoms with E-state index in [0.29, 0.717) is 13.1 Å². The van der Waals surface area contributed by atoms with Crippen molar-refractivity contribution < 1.29 is 0 Å². The highest BCUT2D eigenvalue weighted by molar-refractivity contribution is 9.10. The first kappa shape index (κ1) is 21.7. The van der Waals surface area contributed by atoms with E-state index in [1.165, 1.54) is 5.56 Å². The van der Waals surface area contributed by atoms with E-state index in [1.807, 2.05) is 53.2 Å². The maximum Gasteiger partial charge on any atom is 0.229 e. The fraction of sp³-hybridized carbons (Fsp3) is 0.240. The highest BCUT2D eigenvalue weighted by Gasteiger charge is 2.20. The molecule has 0 spiro atoms. The Balaban J connectivity index is 1.31. The molecule has 0 saturated carbocycles. The first-order valence-electron chi connectivity index (χ1n) is 11.7. The minimum absolute atomic E-state index is 0.515. The topological polar surface area (TPSA) is 89.6 Å². The normalized spacial score (nSPS) is 13.6. The standard InChI is InChI=1S/C25H24BrN9/c26-19-8-10-21(11-9-19)35-16-20(31-32-35)15-34-17-28-22-23(27-14-18-6-2-1-3-7-18)29-25(30-24(22)34)33-12-4-5-13-33/h1-3,6-11,16-17H,4-5,12-15H2,(H,27,29,30). The smallest absolute Gasteiger partial charge is 0.229 e. The van der Waals surface area contributed by atoms with Gasteiger partial charge in [-0.1, -0.05) is 51.5 Å². The van der Waals surface area contributed by atoms with Crippen molar-refractivity contribution in [2.45, 2.75) is 25.9 Å². The molecular formula is C25H24BrN9. The number of aromatic nitrogens is 7. The van der Waals surface area contributed by atoms with Crippen LogP contribution in [0, 0.1) is 0 Å². The molecule has 0 aliphatic carbocycles. The number of fused-ring (bicyclic) bond motifs is 1. The summed E-state index contributed by atoms with van der Waals surface area (Å²) in [5.41, 5.74) is 4.51. The van der Waals surface area contributed by atoms with Crippen LogP contribution in [0.5, 0.6) is 0 Å². The Morgan fingerprint density at radius 2 is 1.74 bits per heavy atom. The second-order valence-electron chi connectivity index (χ2n) is 8.58. The van der Waals surface area contributed by atoms with E-state index in [2.05, 4.69) is 53.6 Å². The minimum atomic E-state index is 0.515. The van der Waals surface area contributed by atoms with Gasteiger partial charge in [-0.3, -0.25) is 0 Å². The van der Waals surface area contributed by atoms with Crippen LogP contribution in [0.4, 0.5) is 11.8 Å². The predicted octanol–water partition coefficient (Wildman–Crippen LogP) is 4.43. The molecule has 5 aromatic rings. The molecule has 0 amide bonds. The first-order valence-corrected chi connectivity index (χ1v) is 12.4. The van der Waals surface area contributed by atoms with Crippen LogP contribution >= 0.6 is 15.9 Å². The van der Waals surface area contributed by atoms with Crippen LogP contribution in [-0.4, -0.2) is 47.6 Å². The lowest BCUT2D eigenvalue weighted by Crippen LogP contribution is -2.21. The molecule has 10 heteroatoms. The van der Waals surface area contributed by atoms with Gasteiger partial charge in [0.1, 0.15) is 5.69 Å². The molecule has 1 aliphatic heterocycles. The number of rotatable bonds is 7. The molecule has 0 unspecified atom stereocenters. The Labute approximate surface area is 211 Å². The highest BCUT2D eigenvalue weighted by atomic mass is 79.9. The molecule has 2 aromatic carbocycles. The molecule has 6 rings (SSSR count). The fourth-order valence-corrected chi connectivity index (χ4v) is 4.54. The van der Waals surface area contributed by atoms with Crippen molar-refractivity contribution in [3.05, 3.63) is 82.9 Å².